The third-order valence-electron chi connectivity index (χ3n) is 3.57. The summed E-state index contributed by atoms with van der Waals surface area (Å²) in [6.45, 7) is 2.28. The van der Waals surface area contributed by atoms with E-state index in [1.54, 1.807) is 0 Å². The molecule has 0 amide bonds. The Morgan fingerprint density at radius 3 is 2.00 bits per heavy atom. The van der Waals surface area contributed by atoms with E-state index in [1.807, 2.05) is 0 Å². The highest BCUT2D eigenvalue weighted by atomic mass is 19.4. The smallest absolute Gasteiger partial charge is 0.228 e. The van der Waals surface area contributed by atoms with Crippen LogP contribution in [0.5, 0.6) is 0 Å². The monoisotopic (exact) mass is 368 g/mol. The van der Waals surface area contributed by atoms with Crippen LogP contribution in [-0.4, -0.2) is 17.3 Å². The summed E-state index contributed by atoms with van der Waals surface area (Å²) in [6, 6.07) is 4.89. The number of aryl methyl sites for hydroxylation is 2. The number of benzene rings is 1. The second-order valence-corrected chi connectivity index (χ2v) is 5.36. The van der Waals surface area contributed by atoms with E-state index in [4.69, 9.17) is 0 Å². The SMILES string of the molecule is Cc1[c]c(C)c(-c2cccnc2F)c(C(F)(C(F)(F)F)C(F)(F)F)c1. The first-order chi connectivity index (χ1) is 11.3. The van der Waals surface area contributed by atoms with Crippen molar-refractivity contribution in [1.82, 2.24) is 4.98 Å². The largest absolute Gasteiger partial charge is 0.435 e. The number of halogens is 8. The Hall–Kier alpha value is -2.19. The fraction of sp³-hybridized carbons (Fsp3) is 0.312. The summed E-state index contributed by atoms with van der Waals surface area (Å²) in [5.41, 5.74) is -9.40. The Labute approximate surface area is 137 Å². The van der Waals surface area contributed by atoms with Crippen molar-refractivity contribution in [1.29, 1.82) is 0 Å². The number of rotatable bonds is 2. The molecular formula is C16H10F8N. The Bertz CT molecular complexity index is 778. The van der Waals surface area contributed by atoms with Gasteiger partial charge in [-0.15, -0.1) is 0 Å². The first-order valence-corrected chi connectivity index (χ1v) is 6.78. The molecule has 0 unspecified atom stereocenters. The molecule has 1 aromatic heterocycles. The molecular weight excluding hydrogens is 358 g/mol. The van der Waals surface area contributed by atoms with E-state index in [2.05, 4.69) is 11.1 Å². The van der Waals surface area contributed by atoms with E-state index in [0.717, 1.165) is 32.2 Å². The molecule has 1 radical (unpaired) electrons. The van der Waals surface area contributed by atoms with E-state index in [-0.39, 0.29) is 11.1 Å². The summed E-state index contributed by atoms with van der Waals surface area (Å²) in [5.74, 6) is -1.32. The fourth-order valence-corrected chi connectivity index (χ4v) is 2.54. The normalized spacial score (nSPS) is 13.2. The van der Waals surface area contributed by atoms with Gasteiger partial charge in [0.15, 0.2) is 0 Å². The van der Waals surface area contributed by atoms with Crippen LogP contribution in [0.1, 0.15) is 16.7 Å². The van der Waals surface area contributed by atoms with Gasteiger partial charge in [0.1, 0.15) is 0 Å². The van der Waals surface area contributed by atoms with Crippen molar-refractivity contribution >= 4 is 0 Å². The second kappa shape index (κ2) is 5.96. The molecule has 1 heterocycles. The highest BCUT2D eigenvalue weighted by molar-refractivity contribution is 5.72. The molecule has 0 aliphatic rings. The molecule has 0 saturated carbocycles. The molecule has 0 N–H and O–H groups in total. The van der Waals surface area contributed by atoms with Gasteiger partial charge < -0.3 is 0 Å². The van der Waals surface area contributed by atoms with Crippen molar-refractivity contribution in [2.45, 2.75) is 31.9 Å². The van der Waals surface area contributed by atoms with Crippen LogP contribution < -0.4 is 0 Å². The Morgan fingerprint density at radius 1 is 0.960 bits per heavy atom. The Balaban J connectivity index is 2.97. The van der Waals surface area contributed by atoms with Crippen LogP contribution in [-0.2, 0) is 5.67 Å². The maximum absolute atomic E-state index is 14.6. The molecule has 0 aliphatic heterocycles. The van der Waals surface area contributed by atoms with Crippen molar-refractivity contribution in [3.63, 3.8) is 0 Å². The fourth-order valence-electron chi connectivity index (χ4n) is 2.54. The minimum Gasteiger partial charge on any atom is -0.228 e. The first-order valence-electron chi connectivity index (χ1n) is 6.78. The molecule has 135 valence electrons. The summed E-state index contributed by atoms with van der Waals surface area (Å²) in [4.78, 5) is 3.20. The highest BCUT2D eigenvalue weighted by Gasteiger charge is 2.74. The van der Waals surface area contributed by atoms with E-state index in [9.17, 15) is 35.1 Å². The van der Waals surface area contributed by atoms with Gasteiger partial charge in [0, 0.05) is 17.3 Å². The van der Waals surface area contributed by atoms with Gasteiger partial charge in [-0.25, -0.2) is 9.37 Å². The zero-order valence-electron chi connectivity index (χ0n) is 12.8. The number of pyridine rings is 1. The second-order valence-electron chi connectivity index (χ2n) is 5.36. The summed E-state index contributed by atoms with van der Waals surface area (Å²) in [7, 11) is 0. The number of hydrogen-bond acceptors (Lipinski definition) is 1. The quantitative estimate of drug-likeness (QED) is 0.497. The summed E-state index contributed by atoms with van der Waals surface area (Å²) < 4.78 is 107. The van der Waals surface area contributed by atoms with Gasteiger partial charge in [0.25, 0.3) is 0 Å². The molecule has 0 atom stereocenters. The third-order valence-corrected chi connectivity index (χ3v) is 3.57. The lowest BCUT2D eigenvalue weighted by atomic mass is 9.84. The molecule has 2 rings (SSSR count). The predicted octanol–water partition coefficient (Wildman–Crippen LogP) is 5.59. The van der Waals surface area contributed by atoms with Crippen LogP contribution in [0.4, 0.5) is 35.1 Å². The average molecular weight is 368 g/mol. The molecule has 2 aromatic rings. The molecule has 25 heavy (non-hydrogen) atoms. The molecule has 1 nitrogen and oxygen atoms in total. The minimum absolute atomic E-state index is 0.156. The predicted molar refractivity (Wildman–Crippen MR) is 72.8 cm³/mol. The molecule has 0 fully saturated rings. The van der Waals surface area contributed by atoms with E-state index in [0.29, 0.717) is 6.07 Å². The van der Waals surface area contributed by atoms with Gasteiger partial charge in [0.05, 0.1) is 0 Å². The molecule has 0 bridgehead atoms. The van der Waals surface area contributed by atoms with Crippen LogP contribution in [0.3, 0.4) is 0 Å². The van der Waals surface area contributed by atoms with E-state index < -0.39 is 40.7 Å². The zero-order chi connectivity index (χ0) is 19.2. The topological polar surface area (TPSA) is 12.9 Å². The maximum Gasteiger partial charge on any atom is 0.435 e. The summed E-state index contributed by atoms with van der Waals surface area (Å²) >= 11 is 0. The third kappa shape index (κ3) is 3.07. The maximum atomic E-state index is 14.6. The molecule has 1 aromatic carbocycles. The minimum atomic E-state index is -6.31. The summed E-state index contributed by atoms with van der Waals surface area (Å²) in [5, 5.41) is 0. The first kappa shape index (κ1) is 19.1. The van der Waals surface area contributed by atoms with Gasteiger partial charge in [-0.3, -0.25) is 0 Å². The van der Waals surface area contributed by atoms with Crippen LogP contribution in [0.25, 0.3) is 11.1 Å². The Morgan fingerprint density at radius 2 is 1.52 bits per heavy atom. The standard InChI is InChI=1S/C16H10F8N/c1-8-6-9(2)12(10-4-3-5-25-13(10)17)11(7-8)14(18,15(19,20)21)16(22,23)24/h3-5,7H,1-2H3. The molecule has 0 saturated heterocycles. The molecule has 0 spiro atoms. The van der Waals surface area contributed by atoms with Gasteiger partial charge in [-0.05, 0) is 48.7 Å². The van der Waals surface area contributed by atoms with Crippen molar-refractivity contribution in [2.75, 3.05) is 0 Å². The van der Waals surface area contributed by atoms with Crippen molar-refractivity contribution < 1.29 is 35.1 Å². The lowest BCUT2D eigenvalue weighted by molar-refractivity contribution is -0.348. The van der Waals surface area contributed by atoms with Crippen LogP contribution in [0, 0.1) is 25.9 Å². The lowest BCUT2D eigenvalue weighted by Gasteiger charge is -2.32. The van der Waals surface area contributed by atoms with Crippen molar-refractivity contribution in [3.8, 4) is 11.1 Å². The van der Waals surface area contributed by atoms with Gasteiger partial charge in [0.2, 0.25) is 5.95 Å². The molecule has 9 heteroatoms. The van der Waals surface area contributed by atoms with Gasteiger partial charge in [-0.2, -0.15) is 30.7 Å². The average Bonchev–Trinajstić information content (AvgIpc) is 2.44. The van der Waals surface area contributed by atoms with Crippen molar-refractivity contribution in [3.05, 3.63) is 53.1 Å². The number of alkyl halides is 7. The zero-order valence-corrected chi connectivity index (χ0v) is 12.8. The Kier molecular flexibility index (Phi) is 4.56. The molecule has 0 aliphatic carbocycles. The van der Waals surface area contributed by atoms with Crippen molar-refractivity contribution in [2.24, 2.45) is 0 Å². The number of hydrogen-bond donors (Lipinski definition) is 0. The number of nitrogens with zero attached hydrogens (tertiary/aromatic N) is 1. The summed E-state index contributed by atoms with van der Waals surface area (Å²) in [6.07, 6.45) is -11.7. The lowest BCUT2D eigenvalue weighted by Crippen LogP contribution is -2.50. The van der Waals surface area contributed by atoms with Crippen LogP contribution in [0.2, 0.25) is 0 Å². The van der Waals surface area contributed by atoms with Crippen LogP contribution >= 0.6 is 0 Å². The number of aromatic nitrogens is 1. The van der Waals surface area contributed by atoms with E-state index >= 15 is 0 Å². The van der Waals surface area contributed by atoms with Crippen LogP contribution in [0.15, 0.2) is 24.4 Å². The van der Waals surface area contributed by atoms with E-state index in [1.165, 1.54) is 0 Å². The highest BCUT2D eigenvalue weighted by Crippen LogP contribution is 2.55. The van der Waals surface area contributed by atoms with Gasteiger partial charge >= 0.3 is 18.0 Å². The van der Waals surface area contributed by atoms with Gasteiger partial charge in [-0.1, -0.05) is 6.07 Å².